The van der Waals surface area contributed by atoms with Gasteiger partial charge >= 0.3 is 6.09 Å². The summed E-state index contributed by atoms with van der Waals surface area (Å²) < 4.78 is 10.1. The van der Waals surface area contributed by atoms with Crippen LogP contribution in [0.25, 0.3) is 0 Å². The van der Waals surface area contributed by atoms with E-state index in [1.807, 2.05) is 6.92 Å². The monoisotopic (exact) mass is 335 g/mol. The molecule has 2 aliphatic heterocycles. The van der Waals surface area contributed by atoms with Crippen LogP contribution in [0.2, 0.25) is 0 Å². The molecule has 1 aromatic rings. The first-order valence-electron chi connectivity index (χ1n) is 8.11. The maximum Gasteiger partial charge on any atom is 0.410 e. The molecule has 3 amide bonds. The highest BCUT2D eigenvalue weighted by atomic mass is 16.6. The van der Waals surface area contributed by atoms with Crippen molar-refractivity contribution in [3.8, 4) is 0 Å². The Balaban J connectivity index is 1.43. The van der Waals surface area contributed by atoms with Gasteiger partial charge in [0, 0.05) is 19.1 Å². The molecule has 24 heavy (non-hydrogen) atoms. The number of furan rings is 1. The van der Waals surface area contributed by atoms with Gasteiger partial charge in [0.1, 0.15) is 6.10 Å². The van der Waals surface area contributed by atoms with Gasteiger partial charge in [-0.1, -0.05) is 0 Å². The zero-order valence-corrected chi connectivity index (χ0v) is 13.6. The summed E-state index contributed by atoms with van der Waals surface area (Å²) in [6.45, 7) is 3.55. The van der Waals surface area contributed by atoms with Crippen molar-refractivity contribution < 1.29 is 23.5 Å². The highest BCUT2D eigenvalue weighted by Gasteiger charge is 2.36. The molecule has 1 aromatic heterocycles. The summed E-state index contributed by atoms with van der Waals surface area (Å²) in [6, 6.07) is 3.27. The van der Waals surface area contributed by atoms with E-state index in [4.69, 9.17) is 9.15 Å². The van der Waals surface area contributed by atoms with E-state index >= 15 is 0 Å². The second-order valence-electron chi connectivity index (χ2n) is 6.12. The molecule has 1 N–H and O–H groups in total. The standard InChI is InChI=1S/C16H21N3O5/c1-11-10-19(16(22)24-11)12-4-6-18(7-5-12)14(20)9-17-15(21)13-3-2-8-23-13/h2-3,8,11-12H,4-7,9-10H2,1H3,(H,17,21). The van der Waals surface area contributed by atoms with Crippen LogP contribution in [0.15, 0.2) is 22.8 Å². The van der Waals surface area contributed by atoms with Gasteiger partial charge in [-0.3, -0.25) is 9.59 Å². The molecule has 0 spiro atoms. The van der Waals surface area contributed by atoms with Crippen molar-refractivity contribution in [2.75, 3.05) is 26.2 Å². The Bertz CT molecular complexity index is 607. The van der Waals surface area contributed by atoms with E-state index in [0.29, 0.717) is 19.6 Å². The van der Waals surface area contributed by atoms with Gasteiger partial charge in [-0.15, -0.1) is 0 Å². The number of likely N-dealkylation sites (tertiary alicyclic amines) is 1. The Morgan fingerprint density at radius 3 is 2.67 bits per heavy atom. The third kappa shape index (κ3) is 3.52. The molecule has 0 aromatic carbocycles. The zero-order valence-electron chi connectivity index (χ0n) is 13.6. The van der Waals surface area contributed by atoms with Crippen molar-refractivity contribution in [1.82, 2.24) is 15.1 Å². The van der Waals surface area contributed by atoms with Crippen molar-refractivity contribution in [3.05, 3.63) is 24.2 Å². The molecule has 1 unspecified atom stereocenters. The molecule has 8 heteroatoms. The molecule has 0 radical (unpaired) electrons. The average molecular weight is 335 g/mol. The molecule has 2 aliphatic rings. The van der Waals surface area contributed by atoms with E-state index in [1.54, 1.807) is 21.9 Å². The quantitative estimate of drug-likeness (QED) is 0.880. The normalized spacial score (nSPS) is 21.7. The summed E-state index contributed by atoms with van der Waals surface area (Å²) in [6.07, 6.45) is 2.51. The topological polar surface area (TPSA) is 92.1 Å². The van der Waals surface area contributed by atoms with Crippen LogP contribution in [0.5, 0.6) is 0 Å². The highest BCUT2D eigenvalue weighted by molar-refractivity contribution is 5.94. The predicted molar refractivity (Wildman–Crippen MR) is 83.3 cm³/mol. The summed E-state index contributed by atoms with van der Waals surface area (Å²) in [4.78, 5) is 39.2. The van der Waals surface area contributed by atoms with Gasteiger partial charge < -0.3 is 24.3 Å². The van der Waals surface area contributed by atoms with Gasteiger partial charge in [-0.05, 0) is 31.9 Å². The lowest BCUT2D eigenvalue weighted by atomic mass is 10.0. The molecule has 8 nitrogen and oxygen atoms in total. The number of carbonyl (C=O) groups is 3. The number of ether oxygens (including phenoxy) is 1. The Labute approximate surface area is 139 Å². The van der Waals surface area contributed by atoms with Crippen LogP contribution in [0.4, 0.5) is 4.79 Å². The number of nitrogens with one attached hydrogen (secondary N) is 1. The fourth-order valence-electron chi connectivity index (χ4n) is 3.12. The third-order valence-corrected chi connectivity index (χ3v) is 4.39. The lowest BCUT2D eigenvalue weighted by Crippen LogP contribution is -2.49. The van der Waals surface area contributed by atoms with E-state index in [2.05, 4.69) is 5.32 Å². The maximum atomic E-state index is 12.2. The van der Waals surface area contributed by atoms with Crippen molar-refractivity contribution >= 4 is 17.9 Å². The van der Waals surface area contributed by atoms with E-state index in [0.717, 1.165) is 12.8 Å². The maximum absolute atomic E-state index is 12.2. The second kappa shape index (κ2) is 6.94. The predicted octanol–water partition coefficient (Wildman–Crippen LogP) is 0.841. The van der Waals surface area contributed by atoms with Gasteiger partial charge in [0.2, 0.25) is 5.91 Å². The first kappa shape index (κ1) is 16.4. The molecule has 2 saturated heterocycles. The SMILES string of the molecule is CC1CN(C2CCN(C(=O)CNC(=O)c3ccco3)CC2)C(=O)O1. The number of piperidine rings is 1. The Morgan fingerprint density at radius 2 is 2.08 bits per heavy atom. The fraction of sp³-hybridized carbons (Fsp3) is 0.562. The minimum atomic E-state index is -0.406. The van der Waals surface area contributed by atoms with Crippen LogP contribution >= 0.6 is 0 Å². The van der Waals surface area contributed by atoms with Crippen molar-refractivity contribution in [1.29, 1.82) is 0 Å². The number of carbonyl (C=O) groups excluding carboxylic acids is 3. The van der Waals surface area contributed by atoms with E-state index in [1.165, 1.54) is 6.26 Å². The molecule has 130 valence electrons. The summed E-state index contributed by atoms with van der Waals surface area (Å²) >= 11 is 0. The molecular weight excluding hydrogens is 314 g/mol. The average Bonchev–Trinajstić information content (AvgIpc) is 3.22. The summed E-state index contributed by atoms with van der Waals surface area (Å²) in [7, 11) is 0. The minimum Gasteiger partial charge on any atom is -0.459 e. The number of amides is 3. The van der Waals surface area contributed by atoms with Crippen LogP contribution in [0, 0.1) is 0 Å². The highest BCUT2D eigenvalue weighted by Crippen LogP contribution is 2.22. The molecule has 0 aliphatic carbocycles. The smallest absolute Gasteiger partial charge is 0.410 e. The van der Waals surface area contributed by atoms with Crippen LogP contribution in [-0.2, 0) is 9.53 Å². The van der Waals surface area contributed by atoms with Gasteiger partial charge in [0.05, 0.1) is 19.4 Å². The molecule has 3 heterocycles. The zero-order chi connectivity index (χ0) is 17.1. The Kier molecular flexibility index (Phi) is 4.73. The molecular formula is C16H21N3O5. The first-order valence-corrected chi connectivity index (χ1v) is 8.11. The summed E-state index contributed by atoms with van der Waals surface area (Å²) in [5.74, 6) is -0.356. The van der Waals surface area contributed by atoms with Crippen LogP contribution in [0.3, 0.4) is 0 Å². The van der Waals surface area contributed by atoms with Crippen molar-refractivity contribution in [3.63, 3.8) is 0 Å². The van der Waals surface area contributed by atoms with Gasteiger partial charge in [-0.2, -0.15) is 0 Å². The van der Waals surface area contributed by atoms with E-state index < -0.39 is 5.91 Å². The number of rotatable bonds is 4. The Morgan fingerprint density at radius 1 is 1.33 bits per heavy atom. The van der Waals surface area contributed by atoms with Gasteiger partial charge in [-0.25, -0.2) is 4.79 Å². The lowest BCUT2D eigenvalue weighted by molar-refractivity contribution is -0.131. The van der Waals surface area contributed by atoms with E-state index in [9.17, 15) is 14.4 Å². The number of hydrogen-bond donors (Lipinski definition) is 1. The minimum absolute atomic E-state index is 0.0625. The number of hydrogen-bond acceptors (Lipinski definition) is 5. The number of cyclic esters (lactones) is 1. The Hall–Kier alpha value is -2.51. The van der Waals surface area contributed by atoms with Crippen molar-refractivity contribution in [2.45, 2.75) is 31.9 Å². The molecule has 0 saturated carbocycles. The van der Waals surface area contributed by atoms with Crippen LogP contribution in [-0.4, -0.2) is 66.0 Å². The third-order valence-electron chi connectivity index (χ3n) is 4.39. The van der Waals surface area contributed by atoms with Gasteiger partial charge in [0.15, 0.2) is 5.76 Å². The summed E-state index contributed by atoms with van der Waals surface area (Å²) in [5, 5.41) is 2.55. The molecule has 3 rings (SSSR count). The largest absolute Gasteiger partial charge is 0.459 e. The van der Waals surface area contributed by atoms with Gasteiger partial charge in [0.25, 0.3) is 5.91 Å². The fourth-order valence-corrected chi connectivity index (χ4v) is 3.12. The number of nitrogens with zero attached hydrogens (tertiary/aromatic N) is 2. The summed E-state index contributed by atoms with van der Waals surface area (Å²) in [5.41, 5.74) is 0. The molecule has 0 bridgehead atoms. The van der Waals surface area contributed by atoms with Crippen LogP contribution < -0.4 is 5.32 Å². The molecule has 2 fully saturated rings. The second-order valence-corrected chi connectivity index (χ2v) is 6.12. The first-order chi connectivity index (χ1) is 11.5. The van der Waals surface area contributed by atoms with E-state index in [-0.39, 0.29) is 36.5 Å². The lowest BCUT2D eigenvalue weighted by Gasteiger charge is -2.35. The van der Waals surface area contributed by atoms with Crippen molar-refractivity contribution in [2.24, 2.45) is 0 Å². The van der Waals surface area contributed by atoms with Crippen LogP contribution in [0.1, 0.15) is 30.3 Å². The molecule has 1 atom stereocenters.